The smallest absolute Gasteiger partial charge is 0.0953 e. The van der Waals surface area contributed by atoms with Crippen LogP contribution >= 0.6 is 0 Å². The summed E-state index contributed by atoms with van der Waals surface area (Å²) in [5, 5.41) is 15.2. The fourth-order valence-electron chi connectivity index (χ4n) is 3.46. The number of aromatic nitrogens is 2. The first kappa shape index (κ1) is 12.2. The van der Waals surface area contributed by atoms with E-state index in [0.717, 1.165) is 37.9 Å². The van der Waals surface area contributed by atoms with Crippen LogP contribution < -0.4 is 0 Å². The summed E-state index contributed by atoms with van der Waals surface area (Å²) in [6.45, 7) is 5.33. The molecule has 1 N–H and O–H groups in total. The minimum atomic E-state index is -0.641. The highest BCUT2D eigenvalue weighted by atomic mass is 16.3. The lowest BCUT2D eigenvalue weighted by atomic mass is 9.82. The van der Waals surface area contributed by atoms with Crippen LogP contribution in [-0.4, -0.2) is 38.9 Å². The molecule has 3 heterocycles. The van der Waals surface area contributed by atoms with Crippen LogP contribution in [0.1, 0.15) is 44.6 Å². The van der Waals surface area contributed by atoms with Gasteiger partial charge in [0.05, 0.1) is 11.8 Å². The molecular formula is C14H23N3O. The summed E-state index contributed by atoms with van der Waals surface area (Å²) in [5.74, 6) is 0. The largest absolute Gasteiger partial charge is 0.385 e. The van der Waals surface area contributed by atoms with E-state index in [4.69, 9.17) is 0 Å². The molecule has 0 aromatic carbocycles. The van der Waals surface area contributed by atoms with Gasteiger partial charge in [0, 0.05) is 30.9 Å². The maximum atomic E-state index is 10.9. The molecule has 4 nitrogen and oxygen atoms in total. The Morgan fingerprint density at radius 2 is 2.39 bits per heavy atom. The molecule has 0 radical (unpaired) electrons. The molecule has 2 unspecified atom stereocenters. The van der Waals surface area contributed by atoms with Crippen LogP contribution in [0.3, 0.4) is 0 Å². The van der Waals surface area contributed by atoms with Crippen molar-refractivity contribution in [3.05, 3.63) is 18.0 Å². The second kappa shape index (κ2) is 4.67. The van der Waals surface area contributed by atoms with E-state index in [9.17, 15) is 5.11 Å². The molecule has 0 spiro atoms. The van der Waals surface area contributed by atoms with E-state index >= 15 is 0 Å². The molecule has 2 saturated heterocycles. The number of hydrogen-bond donors (Lipinski definition) is 1. The third-order valence-corrected chi connectivity index (χ3v) is 4.51. The van der Waals surface area contributed by atoms with Crippen molar-refractivity contribution in [2.24, 2.45) is 0 Å². The molecule has 2 aliphatic heterocycles. The fraction of sp³-hybridized carbons (Fsp3) is 0.786. The number of hydrogen-bond acceptors (Lipinski definition) is 3. The van der Waals surface area contributed by atoms with Gasteiger partial charge < -0.3 is 10.0 Å². The molecule has 4 heteroatoms. The molecule has 1 aromatic rings. The summed E-state index contributed by atoms with van der Waals surface area (Å²) >= 11 is 0. The summed E-state index contributed by atoms with van der Waals surface area (Å²) in [7, 11) is 0. The standard InChI is InChI=1S/C14H23N3O/c1-2-6-17-11-12(10-15-17)14(18)5-8-16-7-3-4-13(16)9-14/h10-11,13,18H,2-9H2,1H3. The van der Waals surface area contributed by atoms with Gasteiger partial charge in [-0.2, -0.15) is 5.10 Å². The van der Waals surface area contributed by atoms with Crippen LogP contribution in [0.2, 0.25) is 0 Å². The lowest BCUT2D eigenvalue weighted by Gasteiger charge is -2.40. The van der Waals surface area contributed by atoms with E-state index in [1.54, 1.807) is 0 Å². The van der Waals surface area contributed by atoms with Crippen LogP contribution in [-0.2, 0) is 12.1 Å². The highest BCUT2D eigenvalue weighted by Gasteiger charge is 2.41. The van der Waals surface area contributed by atoms with Gasteiger partial charge in [-0.3, -0.25) is 4.68 Å². The molecule has 2 atom stereocenters. The first-order chi connectivity index (χ1) is 8.71. The van der Waals surface area contributed by atoms with Gasteiger partial charge in [-0.15, -0.1) is 0 Å². The Kier molecular flexibility index (Phi) is 3.16. The van der Waals surface area contributed by atoms with Crippen LogP contribution in [0.4, 0.5) is 0 Å². The Morgan fingerprint density at radius 3 is 3.22 bits per heavy atom. The van der Waals surface area contributed by atoms with Gasteiger partial charge in [0.25, 0.3) is 0 Å². The summed E-state index contributed by atoms with van der Waals surface area (Å²) in [6.07, 6.45) is 9.23. The Labute approximate surface area is 109 Å². The van der Waals surface area contributed by atoms with E-state index in [0.29, 0.717) is 6.04 Å². The zero-order valence-electron chi connectivity index (χ0n) is 11.2. The highest BCUT2D eigenvalue weighted by Crippen LogP contribution is 2.39. The van der Waals surface area contributed by atoms with Crippen molar-refractivity contribution in [1.82, 2.24) is 14.7 Å². The van der Waals surface area contributed by atoms with Crippen LogP contribution in [0.25, 0.3) is 0 Å². The van der Waals surface area contributed by atoms with Crippen molar-refractivity contribution in [3.8, 4) is 0 Å². The summed E-state index contributed by atoms with van der Waals surface area (Å²) in [6, 6.07) is 0.582. The van der Waals surface area contributed by atoms with E-state index in [2.05, 4.69) is 16.9 Å². The average Bonchev–Trinajstić information content (AvgIpc) is 2.97. The molecule has 100 valence electrons. The van der Waals surface area contributed by atoms with Crippen LogP contribution in [0.15, 0.2) is 12.4 Å². The van der Waals surface area contributed by atoms with E-state index < -0.39 is 5.60 Å². The SMILES string of the molecule is CCCn1cc(C2(O)CCN3CCCC3C2)cn1. The zero-order valence-corrected chi connectivity index (χ0v) is 11.2. The molecule has 2 aliphatic rings. The predicted molar refractivity (Wildman–Crippen MR) is 70.2 cm³/mol. The van der Waals surface area contributed by atoms with Gasteiger partial charge in [0.15, 0.2) is 0 Å². The fourth-order valence-corrected chi connectivity index (χ4v) is 3.46. The highest BCUT2D eigenvalue weighted by molar-refractivity contribution is 5.17. The van der Waals surface area contributed by atoms with E-state index in [1.807, 2.05) is 17.1 Å². The number of nitrogens with zero attached hydrogens (tertiary/aromatic N) is 3. The van der Waals surface area contributed by atoms with Crippen molar-refractivity contribution in [2.75, 3.05) is 13.1 Å². The van der Waals surface area contributed by atoms with Gasteiger partial charge in [-0.1, -0.05) is 6.92 Å². The van der Waals surface area contributed by atoms with Crippen LogP contribution in [0.5, 0.6) is 0 Å². The normalized spacial score (nSPS) is 32.7. The average molecular weight is 249 g/mol. The maximum absolute atomic E-state index is 10.9. The number of aryl methyl sites for hydroxylation is 1. The van der Waals surface area contributed by atoms with Crippen molar-refractivity contribution >= 4 is 0 Å². The second-order valence-corrected chi connectivity index (χ2v) is 5.81. The Bertz CT molecular complexity index is 417. The summed E-state index contributed by atoms with van der Waals surface area (Å²) in [4.78, 5) is 2.53. The van der Waals surface area contributed by atoms with Crippen molar-refractivity contribution in [3.63, 3.8) is 0 Å². The molecule has 0 amide bonds. The third kappa shape index (κ3) is 2.08. The number of piperidine rings is 1. The topological polar surface area (TPSA) is 41.3 Å². The van der Waals surface area contributed by atoms with Crippen molar-refractivity contribution in [1.29, 1.82) is 0 Å². The second-order valence-electron chi connectivity index (χ2n) is 5.81. The first-order valence-corrected chi connectivity index (χ1v) is 7.20. The molecular weight excluding hydrogens is 226 g/mol. The van der Waals surface area contributed by atoms with E-state index in [-0.39, 0.29) is 0 Å². The minimum absolute atomic E-state index is 0.582. The first-order valence-electron chi connectivity index (χ1n) is 7.20. The van der Waals surface area contributed by atoms with Gasteiger partial charge in [0.1, 0.15) is 0 Å². The third-order valence-electron chi connectivity index (χ3n) is 4.51. The van der Waals surface area contributed by atoms with E-state index in [1.165, 1.54) is 19.4 Å². The zero-order chi connectivity index (χ0) is 12.6. The summed E-state index contributed by atoms with van der Waals surface area (Å²) in [5.41, 5.74) is 0.375. The Morgan fingerprint density at radius 1 is 1.50 bits per heavy atom. The Hall–Kier alpha value is -0.870. The lowest BCUT2D eigenvalue weighted by Crippen LogP contribution is -2.45. The van der Waals surface area contributed by atoms with Crippen LogP contribution in [0, 0.1) is 0 Å². The maximum Gasteiger partial charge on any atom is 0.0953 e. The predicted octanol–water partition coefficient (Wildman–Crippen LogP) is 1.74. The van der Waals surface area contributed by atoms with Crippen molar-refractivity contribution < 1.29 is 5.11 Å². The number of fused-ring (bicyclic) bond motifs is 1. The lowest BCUT2D eigenvalue weighted by molar-refractivity contribution is -0.0409. The monoisotopic (exact) mass is 249 g/mol. The minimum Gasteiger partial charge on any atom is -0.385 e. The van der Waals surface area contributed by atoms with Gasteiger partial charge in [-0.05, 0) is 38.6 Å². The van der Waals surface area contributed by atoms with Gasteiger partial charge in [0.2, 0.25) is 0 Å². The summed E-state index contributed by atoms with van der Waals surface area (Å²) < 4.78 is 1.95. The van der Waals surface area contributed by atoms with Crippen molar-refractivity contribution in [2.45, 2.75) is 57.2 Å². The molecule has 2 fully saturated rings. The molecule has 3 rings (SSSR count). The number of rotatable bonds is 3. The molecule has 0 aliphatic carbocycles. The molecule has 18 heavy (non-hydrogen) atoms. The number of aliphatic hydroxyl groups is 1. The Balaban J connectivity index is 1.76. The molecule has 0 bridgehead atoms. The molecule has 1 aromatic heterocycles. The molecule has 0 saturated carbocycles. The quantitative estimate of drug-likeness (QED) is 0.887. The van der Waals surface area contributed by atoms with Gasteiger partial charge >= 0.3 is 0 Å². The van der Waals surface area contributed by atoms with Gasteiger partial charge in [-0.25, -0.2) is 0 Å².